The molecular weight excluding hydrogens is 356 g/mol. The Morgan fingerprint density at radius 3 is 2.33 bits per heavy atom. The minimum absolute atomic E-state index is 0.0242. The van der Waals surface area contributed by atoms with Gasteiger partial charge in [0.1, 0.15) is 5.75 Å². The van der Waals surface area contributed by atoms with Crippen molar-refractivity contribution in [2.24, 2.45) is 5.92 Å². The number of hydrogen-bond acceptors (Lipinski definition) is 7. The van der Waals surface area contributed by atoms with Crippen LogP contribution in [0.25, 0.3) is 0 Å². The van der Waals surface area contributed by atoms with Crippen molar-refractivity contribution in [2.45, 2.75) is 18.8 Å². The van der Waals surface area contributed by atoms with E-state index in [0.717, 1.165) is 23.6 Å². The third-order valence-corrected chi connectivity index (χ3v) is 5.18. The van der Waals surface area contributed by atoms with Gasteiger partial charge in [0.15, 0.2) is 0 Å². The smallest absolute Gasteiger partial charge is 0.264 e. The van der Waals surface area contributed by atoms with Gasteiger partial charge in [-0.3, -0.25) is 8.37 Å². The predicted molar refractivity (Wildman–Crippen MR) is 89.1 cm³/mol. The van der Waals surface area contributed by atoms with Gasteiger partial charge < -0.3 is 4.74 Å². The van der Waals surface area contributed by atoms with Gasteiger partial charge in [0.05, 0.1) is 32.8 Å². The first-order chi connectivity index (χ1) is 11.1. The van der Waals surface area contributed by atoms with Gasteiger partial charge in [-0.15, -0.1) is 0 Å². The van der Waals surface area contributed by atoms with Crippen molar-refractivity contribution in [3.63, 3.8) is 0 Å². The molecule has 0 saturated heterocycles. The summed E-state index contributed by atoms with van der Waals surface area (Å²) < 4.78 is 60.1. The van der Waals surface area contributed by atoms with E-state index < -0.39 is 20.2 Å². The van der Waals surface area contributed by atoms with Crippen LogP contribution in [0.4, 0.5) is 0 Å². The lowest BCUT2D eigenvalue weighted by molar-refractivity contribution is 0.218. The van der Waals surface area contributed by atoms with Crippen molar-refractivity contribution in [3.05, 3.63) is 29.3 Å². The lowest BCUT2D eigenvalue weighted by atomic mass is 9.90. The van der Waals surface area contributed by atoms with Gasteiger partial charge in [0.25, 0.3) is 20.2 Å². The number of methoxy groups -OCH3 is 1. The van der Waals surface area contributed by atoms with E-state index in [9.17, 15) is 16.8 Å². The minimum Gasteiger partial charge on any atom is -0.496 e. The standard InChI is InChI=1S/C15H22O7S2/c1-20-14-6-4-5-11-9-12(10-22-24(3,18)19)13(15(11)14)7-8-21-23(2,16)17/h4-6,12-13H,7-10H2,1-3H3/t12-,13-/m1/s1. The van der Waals surface area contributed by atoms with Gasteiger partial charge in [0, 0.05) is 5.56 Å². The summed E-state index contributed by atoms with van der Waals surface area (Å²) >= 11 is 0. The first kappa shape index (κ1) is 19.2. The fourth-order valence-electron chi connectivity index (χ4n) is 3.12. The maximum Gasteiger partial charge on any atom is 0.264 e. The highest BCUT2D eigenvalue weighted by Crippen LogP contribution is 2.45. The summed E-state index contributed by atoms with van der Waals surface area (Å²) in [7, 11) is -5.49. The highest BCUT2D eigenvalue weighted by molar-refractivity contribution is 7.86. The van der Waals surface area contributed by atoms with Crippen molar-refractivity contribution in [1.29, 1.82) is 0 Å². The molecule has 0 heterocycles. The average Bonchev–Trinajstić information content (AvgIpc) is 2.81. The van der Waals surface area contributed by atoms with Gasteiger partial charge in [-0.2, -0.15) is 16.8 Å². The molecule has 0 N–H and O–H groups in total. The van der Waals surface area contributed by atoms with Gasteiger partial charge >= 0.3 is 0 Å². The molecule has 0 saturated carbocycles. The highest BCUT2D eigenvalue weighted by atomic mass is 32.2. The zero-order valence-corrected chi connectivity index (χ0v) is 15.5. The molecule has 0 amide bonds. The van der Waals surface area contributed by atoms with Crippen molar-refractivity contribution < 1.29 is 29.9 Å². The molecule has 2 rings (SSSR count). The Morgan fingerprint density at radius 1 is 1.08 bits per heavy atom. The van der Waals surface area contributed by atoms with E-state index in [4.69, 9.17) is 13.1 Å². The van der Waals surface area contributed by atoms with Crippen LogP contribution in [0.1, 0.15) is 23.5 Å². The van der Waals surface area contributed by atoms with Gasteiger partial charge in [-0.25, -0.2) is 0 Å². The van der Waals surface area contributed by atoms with Crippen LogP contribution in [0.5, 0.6) is 5.75 Å². The Balaban J connectivity index is 2.21. The second-order valence-corrected chi connectivity index (χ2v) is 9.20. The van der Waals surface area contributed by atoms with E-state index in [-0.39, 0.29) is 25.0 Å². The SMILES string of the molecule is COc1cccc2c1[C@H](CCOS(C)(=O)=O)[C@@H](COS(C)(=O)=O)C2. The molecule has 136 valence electrons. The first-order valence-corrected chi connectivity index (χ1v) is 11.1. The number of ether oxygens (including phenoxy) is 1. The summed E-state index contributed by atoms with van der Waals surface area (Å²) in [5.74, 6) is 0.521. The van der Waals surface area contributed by atoms with Gasteiger partial charge in [-0.1, -0.05) is 12.1 Å². The molecule has 2 atom stereocenters. The summed E-state index contributed by atoms with van der Waals surface area (Å²) in [5.41, 5.74) is 2.03. The first-order valence-electron chi connectivity index (χ1n) is 7.45. The molecule has 0 unspecified atom stereocenters. The second-order valence-electron chi connectivity index (χ2n) is 5.91. The molecule has 0 bridgehead atoms. The Labute approximate surface area is 143 Å². The zero-order chi connectivity index (χ0) is 18.0. The molecule has 0 aliphatic heterocycles. The highest BCUT2D eigenvalue weighted by Gasteiger charge is 2.35. The van der Waals surface area contributed by atoms with Crippen molar-refractivity contribution in [2.75, 3.05) is 32.8 Å². The van der Waals surface area contributed by atoms with Crippen LogP contribution in [0.3, 0.4) is 0 Å². The van der Waals surface area contributed by atoms with Crippen LogP contribution < -0.4 is 4.74 Å². The van der Waals surface area contributed by atoms with Crippen LogP contribution in [0, 0.1) is 5.92 Å². The van der Waals surface area contributed by atoms with Crippen LogP contribution in [-0.2, 0) is 35.0 Å². The molecule has 24 heavy (non-hydrogen) atoms. The molecule has 9 heteroatoms. The van der Waals surface area contributed by atoms with Crippen LogP contribution in [0.2, 0.25) is 0 Å². The summed E-state index contributed by atoms with van der Waals surface area (Å²) in [6.45, 7) is 0.0660. The molecule has 0 fully saturated rings. The minimum atomic E-state index is -3.54. The molecule has 1 aliphatic rings. The number of rotatable bonds is 8. The predicted octanol–water partition coefficient (Wildman–Crippen LogP) is 1.29. The zero-order valence-electron chi connectivity index (χ0n) is 13.9. The van der Waals surface area contributed by atoms with Crippen LogP contribution >= 0.6 is 0 Å². The molecular formula is C15H22O7S2. The van der Waals surface area contributed by atoms with Crippen molar-refractivity contribution >= 4 is 20.2 Å². The number of hydrogen-bond donors (Lipinski definition) is 0. The van der Waals surface area contributed by atoms with Crippen molar-refractivity contribution in [1.82, 2.24) is 0 Å². The molecule has 0 aromatic heterocycles. The van der Waals surface area contributed by atoms with Crippen molar-refractivity contribution in [3.8, 4) is 5.75 Å². The summed E-state index contributed by atoms with van der Waals surface area (Å²) in [5, 5.41) is 0. The summed E-state index contributed by atoms with van der Waals surface area (Å²) in [6, 6.07) is 5.67. The van der Waals surface area contributed by atoms with E-state index in [1.165, 1.54) is 0 Å². The fourth-order valence-corrected chi connectivity index (χ4v) is 3.94. The van der Waals surface area contributed by atoms with E-state index in [1.54, 1.807) is 7.11 Å². The Kier molecular flexibility index (Phi) is 5.90. The Morgan fingerprint density at radius 2 is 1.75 bits per heavy atom. The number of fused-ring (bicyclic) bond motifs is 1. The maximum absolute atomic E-state index is 11.3. The molecule has 7 nitrogen and oxygen atoms in total. The molecule has 0 spiro atoms. The van der Waals surface area contributed by atoms with E-state index in [1.807, 2.05) is 18.2 Å². The lowest BCUT2D eigenvalue weighted by Crippen LogP contribution is -2.19. The topological polar surface area (TPSA) is 96.0 Å². The van der Waals surface area contributed by atoms with E-state index in [0.29, 0.717) is 18.6 Å². The summed E-state index contributed by atoms with van der Waals surface area (Å²) in [4.78, 5) is 0. The fraction of sp³-hybridized carbons (Fsp3) is 0.600. The van der Waals surface area contributed by atoms with E-state index >= 15 is 0 Å². The summed E-state index contributed by atoms with van der Waals surface area (Å²) in [6.07, 6.45) is 3.09. The van der Waals surface area contributed by atoms with Crippen LogP contribution in [-0.4, -0.2) is 49.7 Å². The number of benzene rings is 1. The van der Waals surface area contributed by atoms with Crippen LogP contribution in [0.15, 0.2) is 18.2 Å². The molecule has 1 aliphatic carbocycles. The lowest BCUT2D eigenvalue weighted by Gasteiger charge is -2.21. The maximum atomic E-state index is 11.3. The largest absolute Gasteiger partial charge is 0.496 e. The molecule has 0 radical (unpaired) electrons. The second kappa shape index (κ2) is 7.38. The normalized spacial score (nSPS) is 20.8. The van der Waals surface area contributed by atoms with E-state index in [2.05, 4.69) is 0 Å². The van der Waals surface area contributed by atoms with Gasteiger partial charge in [0.2, 0.25) is 0 Å². The molecule has 1 aromatic carbocycles. The monoisotopic (exact) mass is 378 g/mol. The Bertz CT molecular complexity index is 784. The third kappa shape index (κ3) is 5.17. The average molecular weight is 378 g/mol. The quantitative estimate of drug-likeness (QED) is 0.629. The van der Waals surface area contributed by atoms with Gasteiger partial charge in [-0.05, 0) is 36.3 Å². The Hall–Kier alpha value is -1.16. The molecule has 1 aromatic rings. The third-order valence-electron chi connectivity index (χ3n) is 4.02.